The van der Waals surface area contributed by atoms with Crippen LogP contribution in [0.5, 0.6) is 23.5 Å². The largest absolute Gasteiger partial charge is 0.494 e. The van der Waals surface area contributed by atoms with Crippen LogP contribution in [0.15, 0.2) is 157 Å². The van der Waals surface area contributed by atoms with Crippen LogP contribution in [-0.4, -0.2) is 89.0 Å². The molecule has 0 saturated heterocycles. The second-order valence-corrected chi connectivity index (χ2v) is 34.7. The molecule has 3 aliphatic rings. The summed E-state index contributed by atoms with van der Waals surface area (Å²) < 4.78 is 26.5. The van der Waals surface area contributed by atoms with E-state index in [1.165, 1.54) is 61.5 Å². The molecule has 11 rings (SSSR count). The zero-order valence-electron chi connectivity index (χ0n) is 75.8. The quantitative estimate of drug-likeness (QED) is 0.0128. The molecule has 8 atom stereocenters. The lowest BCUT2D eigenvalue weighted by molar-refractivity contribution is -0.0181. The van der Waals surface area contributed by atoms with E-state index in [1.54, 1.807) is 86.6 Å². The van der Waals surface area contributed by atoms with Gasteiger partial charge in [-0.1, -0.05) is 161 Å². The maximum absolute atomic E-state index is 13.8. The monoisotopic (exact) mass is 1770 g/mol. The third-order valence-corrected chi connectivity index (χ3v) is 25.2. The first-order chi connectivity index (χ1) is 62.4. The number of carbonyl (C=O) groups excluding carboxylic acids is 4. The SMILES string of the molecule is COC(=O)c1ccccc1N=Nc1c(C#N)c(C)c(O)n(CC2CCCC(Cn3c(O)c(C)c(C#N)c(N=Nc4ccccc4C(=O)OC)c3=O)C2)c1=O.Cc1c(C#N)c(N=Nc2ccccc2C(=O)OC2CC(C)CCC2C(C)C)c(=O)n(CCCCCCCCCCCCn2c(O)c(C)c(C#N)c(N=Nc3ccccc3C(=O)OC3CC(C)CCC3C(C)C)c2=O)c1O. The standard InChI is InChI=1S/C60H78N8O8.C38H36N8O8/c1-37(2)43-29-27-39(5)33-51(43)75-59(73)45-23-17-19-25-49(45)63-65-53-47(35-61)41(7)55(69)67(57(53)71)31-21-15-13-11-9-10-12-14-16-22-32-68-56(70)42(8)48(36-62)54(58(68)72)66-64-50-26-20-18-24-46(50)60(74)76-52-34-40(6)28-30-44(52)38(3)4;1-21-27(17-39)31(43-41-29-14-7-5-12-25(29)37(51)53-3)35(49)45(33(21)47)19-23-10-9-11-24(16-23)20-46-34(48)22(2)28(18-40)32(36(46)50)44-42-30-15-8-6-13-26(30)38(52)54-4/h17-20,23-26,37-40,43-44,51-52,69-70H,9-16,21-22,27-34H2,1-8H3;5-8,12-15,23-24,47-48H,9-11,16,19-20H2,1-4H3. The number of hydrogen-bond acceptors (Lipinski definition) is 28. The third kappa shape index (κ3) is 23.5. The molecule has 682 valence electrons. The summed E-state index contributed by atoms with van der Waals surface area (Å²) in [4.78, 5) is 107. The molecule has 4 aromatic heterocycles. The molecule has 32 heteroatoms. The highest BCUT2D eigenvalue weighted by Gasteiger charge is 2.37. The summed E-state index contributed by atoms with van der Waals surface area (Å²) in [5, 5.41) is 117. The fourth-order valence-electron chi connectivity index (χ4n) is 17.6. The van der Waals surface area contributed by atoms with Crippen molar-refractivity contribution in [1.82, 2.24) is 18.3 Å². The molecule has 0 amide bonds. The van der Waals surface area contributed by atoms with Crippen molar-refractivity contribution in [2.45, 2.75) is 236 Å². The van der Waals surface area contributed by atoms with Gasteiger partial charge in [0.2, 0.25) is 0 Å². The number of ether oxygens (including phenoxy) is 4. The lowest BCUT2D eigenvalue weighted by Gasteiger charge is -2.36. The Balaban J connectivity index is 0.000000286. The zero-order valence-corrected chi connectivity index (χ0v) is 75.8. The van der Waals surface area contributed by atoms with Crippen molar-refractivity contribution in [2.75, 3.05) is 14.2 Å². The van der Waals surface area contributed by atoms with E-state index >= 15 is 0 Å². The smallest absolute Gasteiger partial charge is 0.340 e. The summed E-state index contributed by atoms with van der Waals surface area (Å²) in [5.41, 5.74) is -2.28. The maximum Gasteiger partial charge on any atom is 0.340 e. The third-order valence-electron chi connectivity index (χ3n) is 25.2. The van der Waals surface area contributed by atoms with Gasteiger partial charge in [0.25, 0.3) is 22.2 Å². The van der Waals surface area contributed by atoms with E-state index in [-0.39, 0.29) is 186 Å². The Morgan fingerprint density at radius 3 is 0.915 bits per heavy atom. The van der Waals surface area contributed by atoms with Gasteiger partial charge in [-0.05, 0) is 181 Å². The van der Waals surface area contributed by atoms with Gasteiger partial charge < -0.3 is 39.4 Å². The first-order valence-electron chi connectivity index (χ1n) is 44.5. The van der Waals surface area contributed by atoms with Crippen LogP contribution in [0, 0.1) is 120 Å². The van der Waals surface area contributed by atoms with Crippen LogP contribution in [0.25, 0.3) is 0 Å². The second-order valence-electron chi connectivity index (χ2n) is 34.7. The van der Waals surface area contributed by atoms with Crippen molar-refractivity contribution in [1.29, 1.82) is 21.0 Å². The van der Waals surface area contributed by atoms with Gasteiger partial charge >= 0.3 is 23.9 Å². The maximum atomic E-state index is 13.8. The van der Waals surface area contributed by atoms with Crippen molar-refractivity contribution in [3.8, 4) is 47.8 Å². The van der Waals surface area contributed by atoms with Crippen LogP contribution in [0.3, 0.4) is 0 Å². The molecule has 3 aliphatic carbocycles. The van der Waals surface area contributed by atoms with E-state index in [4.69, 9.17) is 18.9 Å². The fraction of sp³-hybridized carbons (Fsp3) is 0.469. The van der Waals surface area contributed by atoms with Gasteiger partial charge in [0, 0.05) is 48.4 Å². The molecule has 0 bridgehead atoms. The molecule has 0 radical (unpaired) electrons. The molecule has 0 aliphatic heterocycles. The summed E-state index contributed by atoms with van der Waals surface area (Å²) in [6, 6.07) is 33.6. The highest BCUT2D eigenvalue weighted by Crippen LogP contribution is 2.42. The summed E-state index contributed by atoms with van der Waals surface area (Å²) in [6.07, 6.45) is 16.6. The van der Waals surface area contributed by atoms with Gasteiger partial charge in [-0.15, -0.1) is 40.9 Å². The number of pyridine rings is 4. The number of azo groups is 4. The van der Waals surface area contributed by atoms with Crippen molar-refractivity contribution in [2.24, 2.45) is 88.3 Å². The van der Waals surface area contributed by atoms with E-state index in [9.17, 15) is 79.8 Å². The zero-order chi connectivity index (χ0) is 94.2. The average molecular weight is 1770 g/mol. The molecule has 130 heavy (non-hydrogen) atoms. The number of esters is 4. The van der Waals surface area contributed by atoms with Crippen LogP contribution < -0.4 is 22.2 Å². The molecule has 32 nitrogen and oxygen atoms in total. The van der Waals surface area contributed by atoms with Crippen molar-refractivity contribution in [3.05, 3.63) is 205 Å². The lowest BCUT2D eigenvalue weighted by Crippen LogP contribution is -2.35. The number of hydrogen-bond donors (Lipinski definition) is 4. The number of nitriles is 4. The summed E-state index contributed by atoms with van der Waals surface area (Å²) in [6.45, 7) is 19.6. The lowest BCUT2D eigenvalue weighted by atomic mass is 9.75. The van der Waals surface area contributed by atoms with Gasteiger partial charge in [-0.25, -0.2) is 19.2 Å². The normalized spacial score (nSPS) is 18.0. The minimum Gasteiger partial charge on any atom is -0.494 e. The van der Waals surface area contributed by atoms with Crippen molar-refractivity contribution < 1.29 is 58.6 Å². The Morgan fingerprint density at radius 1 is 0.377 bits per heavy atom. The van der Waals surface area contributed by atoms with Gasteiger partial charge in [0.1, 0.15) is 59.2 Å². The van der Waals surface area contributed by atoms with Crippen LogP contribution in [0.4, 0.5) is 45.5 Å². The number of aromatic hydroxyl groups is 4. The molecule has 0 spiro atoms. The Morgan fingerprint density at radius 2 is 0.638 bits per heavy atom. The van der Waals surface area contributed by atoms with Gasteiger partial charge in [-0.2, -0.15) is 21.0 Å². The van der Waals surface area contributed by atoms with E-state index in [0.717, 1.165) is 99.0 Å². The molecule has 3 fully saturated rings. The number of aromatic nitrogens is 4. The van der Waals surface area contributed by atoms with Crippen LogP contribution in [0.1, 0.15) is 256 Å². The first-order valence-corrected chi connectivity index (χ1v) is 44.5. The highest BCUT2D eigenvalue weighted by molar-refractivity contribution is 5.97. The topological polar surface area (TPSA) is 468 Å². The Hall–Kier alpha value is -13.9. The molecular formula is C98H114N16O16. The molecular weight excluding hydrogens is 1660 g/mol. The van der Waals surface area contributed by atoms with Gasteiger partial charge in [0.15, 0.2) is 46.3 Å². The van der Waals surface area contributed by atoms with Crippen LogP contribution in [0.2, 0.25) is 0 Å². The van der Waals surface area contributed by atoms with E-state index < -0.39 is 57.9 Å². The van der Waals surface area contributed by atoms with Gasteiger partial charge in [-0.3, -0.25) is 37.4 Å². The summed E-state index contributed by atoms with van der Waals surface area (Å²) >= 11 is 0. The minimum absolute atomic E-state index is 0.0569. The molecule has 3 saturated carbocycles. The number of nitrogens with zero attached hydrogens (tertiary/aromatic N) is 16. The molecule has 4 heterocycles. The number of unbranched alkanes of at least 4 members (excludes halogenated alkanes) is 9. The van der Waals surface area contributed by atoms with E-state index in [2.05, 4.69) is 82.5 Å². The Kier molecular flexibility index (Phi) is 34.9. The van der Waals surface area contributed by atoms with Crippen LogP contribution >= 0.6 is 0 Å². The molecule has 8 aromatic rings. The molecule has 8 unspecified atom stereocenters. The highest BCUT2D eigenvalue weighted by atomic mass is 16.6. The van der Waals surface area contributed by atoms with Crippen LogP contribution in [-0.2, 0) is 45.1 Å². The number of rotatable bonds is 33. The second kappa shape index (κ2) is 46.2. The molecule has 4 N–H and O–H groups in total. The Labute approximate surface area is 755 Å². The number of carbonyl (C=O) groups is 4. The average Bonchev–Trinajstić information content (AvgIpc) is 0.781. The number of benzene rings is 4. The predicted octanol–water partition coefficient (Wildman–Crippen LogP) is 21.1. The Bertz CT molecular complexity index is 5710. The van der Waals surface area contributed by atoms with E-state index in [1.807, 2.05) is 24.3 Å². The van der Waals surface area contributed by atoms with Crippen molar-refractivity contribution >= 4 is 69.4 Å². The van der Waals surface area contributed by atoms with Gasteiger partial charge in [0.05, 0.1) is 58.7 Å². The number of methoxy groups -OCH3 is 2. The minimum atomic E-state index is -0.753. The predicted molar refractivity (Wildman–Crippen MR) is 485 cm³/mol. The molecule has 4 aromatic carbocycles. The fourth-order valence-corrected chi connectivity index (χ4v) is 17.6. The summed E-state index contributed by atoms with van der Waals surface area (Å²) in [5.74, 6) is -1.91. The first kappa shape index (κ1) is 98.3. The summed E-state index contributed by atoms with van der Waals surface area (Å²) in [7, 11) is 2.43. The van der Waals surface area contributed by atoms with E-state index in [0.29, 0.717) is 62.2 Å². The van der Waals surface area contributed by atoms with Crippen molar-refractivity contribution in [3.63, 3.8) is 0 Å².